The Morgan fingerprint density at radius 3 is 2.45 bits per heavy atom. The maximum absolute atomic E-state index is 12.4. The van der Waals surface area contributed by atoms with E-state index in [9.17, 15) is 19.2 Å². The Balaban J connectivity index is 2.38. The van der Waals surface area contributed by atoms with Crippen molar-refractivity contribution in [3.05, 3.63) is 33.1 Å². The maximum Gasteiger partial charge on any atom is 0.330 e. The third-order valence-corrected chi connectivity index (χ3v) is 5.97. The number of carbonyl (C=O) groups is 2. The van der Waals surface area contributed by atoms with Gasteiger partial charge in [0.25, 0.3) is 5.56 Å². The molecule has 0 bridgehead atoms. The van der Waals surface area contributed by atoms with Crippen molar-refractivity contribution in [2.75, 3.05) is 34.6 Å². The summed E-state index contributed by atoms with van der Waals surface area (Å²) in [6.07, 6.45) is -2.52. The fourth-order valence-corrected chi connectivity index (χ4v) is 4.36. The molecule has 0 radical (unpaired) electrons. The lowest BCUT2D eigenvalue weighted by atomic mass is 9.97. The SMILES string of the molecule is COC(=O)C(C[C@H]1O[C@@H](n2ccc(=O)[nH]c2=O)[C@@H](OC)C1OP(C)OCCC#N)C(=O)OC. The second kappa shape index (κ2) is 12.6. The second-order valence-corrected chi connectivity index (χ2v) is 8.22. The Morgan fingerprint density at radius 2 is 1.91 bits per heavy atom. The predicted molar refractivity (Wildman–Crippen MR) is 112 cm³/mol. The van der Waals surface area contributed by atoms with Crippen LogP contribution in [0.25, 0.3) is 0 Å². The Kier molecular flexibility index (Phi) is 10.1. The van der Waals surface area contributed by atoms with Crippen LogP contribution in [0.5, 0.6) is 0 Å². The lowest BCUT2D eigenvalue weighted by Gasteiger charge is -2.26. The highest BCUT2D eigenvalue weighted by Gasteiger charge is 2.50. The molecule has 0 saturated carbocycles. The van der Waals surface area contributed by atoms with Crippen molar-refractivity contribution in [1.29, 1.82) is 5.26 Å². The van der Waals surface area contributed by atoms with Crippen LogP contribution in [0.1, 0.15) is 19.1 Å². The third-order valence-electron chi connectivity index (χ3n) is 4.88. The summed E-state index contributed by atoms with van der Waals surface area (Å²) in [6, 6.07) is 3.10. The highest BCUT2D eigenvalue weighted by atomic mass is 31.2. The van der Waals surface area contributed by atoms with Gasteiger partial charge in [-0.05, 0) is 0 Å². The molecule has 14 heteroatoms. The molecule has 1 aliphatic rings. The molecule has 1 aliphatic heterocycles. The summed E-state index contributed by atoms with van der Waals surface area (Å²) in [5.74, 6) is -2.97. The van der Waals surface area contributed by atoms with E-state index in [1.54, 1.807) is 6.66 Å². The molecule has 5 atom stereocenters. The van der Waals surface area contributed by atoms with Gasteiger partial charge in [-0.1, -0.05) is 0 Å². The van der Waals surface area contributed by atoms with Crippen molar-refractivity contribution in [3.63, 3.8) is 0 Å². The Labute approximate surface area is 190 Å². The highest BCUT2D eigenvalue weighted by Crippen LogP contribution is 2.44. The molecule has 2 heterocycles. The van der Waals surface area contributed by atoms with Crippen molar-refractivity contribution >= 4 is 20.3 Å². The average molecular weight is 487 g/mol. The van der Waals surface area contributed by atoms with Gasteiger partial charge in [0.1, 0.15) is 12.2 Å². The number of nitriles is 1. The number of esters is 2. The van der Waals surface area contributed by atoms with Crippen LogP contribution >= 0.6 is 8.38 Å². The number of methoxy groups -OCH3 is 3. The van der Waals surface area contributed by atoms with Crippen molar-refractivity contribution in [2.45, 2.75) is 37.4 Å². The van der Waals surface area contributed by atoms with Crippen molar-refractivity contribution in [3.8, 4) is 6.07 Å². The fraction of sp³-hybridized carbons (Fsp3) is 0.632. The van der Waals surface area contributed by atoms with E-state index >= 15 is 0 Å². The summed E-state index contributed by atoms with van der Waals surface area (Å²) in [6.45, 7) is 1.80. The minimum atomic E-state index is -1.51. The molecule has 1 fully saturated rings. The molecule has 0 spiro atoms. The van der Waals surface area contributed by atoms with Gasteiger partial charge in [0.05, 0.1) is 39.4 Å². The zero-order chi connectivity index (χ0) is 24.5. The van der Waals surface area contributed by atoms with Crippen LogP contribution in [-0.4, -0.2) is 74.4 Å². The molecular formula is C19H26N3O10P. The monoisotopic (exact) mass is 487 g/mol. The zero-order valence-electron chi connectivity index (χ0n) is 18.6. The summed E-state index contributed by atoms with van der Waals surface area (Å²) in [5.41, 5.74) is -1.33. The quantitative estimate of drug-likeness (QED) is 0.194. The van der Waals surface area contributed by atoms with Crippen LogP contribution in [0, 0.1) is 17.2 Å². The van der Waals surface area contributed by atoms with Crippen LogP contribution in [0.15, 0.2) is 21.9 Å². The van der Waals surface area contributed by atoms with Gasteiger partial charge in [-0.3, -0.25) is 23.9 Å². The van der Waals surface area contributed by atoms with Gasteiger partial charge in [0.15, 0.2) is 20.5 Å². The van der Waals surface area contributed by atoms with Crippen LogP contribution in [-0.2, 0) is 37.6 Å². The van der Waals surface area contributed by atoms with Crippen LogP contribution in [0.4, 0.5) is 0 Å². The molecule has 0 aromatic carbocycles. The number of H-pyrrole nitrogens is 1. The first-order chi connectivity index (χ1) is 15.8. The molecule has 2 unspecified atom stereocenters. The Hall–Kier alpha value is -2.62. The van der Waals surface area contributed by atoms with E-state index < -0.39 is 62.0 Å². The minimum absolute atomic E-state index is 0.143. The summed E-state index contributed by atoms with van der Waals surface area (Å²) in [4.78, 5) is 50.4. The molecule has 0 amide bonds. The number of ether oxygens (including phenoxy) is 4. The largest absolute Gasteiger partial charge is 0.468 e. The molecule has 1 aromatic rings. The first-order valence-electron chi connectivity index (χ1n) is 9.83. The van der Waals surface area contributed by atoms with Gasteiger partial charge in [-0.25, -0.2) is 4.79 Å². The Morgan fingerprint density at radius 1 is 1.24 bits per heavy atom. The van der Waals surface area contributed by atoms with E-state index in [0.717, 1.165) is 24.9 Å². The average Bonchev–Trinajstić information content (AvgIpc) is 3.12. The van der Waals surface area contributed by atoms with Gasteiger partial charge in [-0.15, -0.1) is 0 Å². The molecule has 1 saturated heterocycles. The standard InChI is InChI=1S/C19H26N3O10P/c1-27-15-14(32-33(4)30-9-5-7-20)12(10-11(17(24)28-2)18(25)29-3)31-16(15)22-8-6-13(23)21-19(22)26/h6,8,11-12,14-16H,5,9-10H2,1-4H3,(H,21,23,26)/t12-,14?,15+,16-,33?/m1/s1. The molecule has 13 nitrogen and oxygen atoms in total. The molecule has 1 aromatic heterocycles. The summed E-state index contributed by atoms with van der Waals surface area (Å²) < 4.78 is 33.6. The minimum Gasteiger partial charge on any atom is -0.468 e. The van der Waals surface area contributed by atoms with Crippen LogP contribution in [0.2, 0.25) is 0 Å². The van der Waals surface area contributed by atoms with E-state index in [0.29, 0.717) is 0 Å². The second-order valence-electron chi connectivity index (χ2n) is 6.87. The summed E-state index contributed by atoms with van der Waals surface area (Å²) >= 11 is 0. The Bertz CT molecular complexity index is 958. The lowest BCUT2D eigenvalue weighted by Crippen LogP contribution is -2.40. The van der Waals surface area contributed by atoms with E-state index in [1.807, 2.05) is 6.07 Å². The van der Waals surface area contributed by atoms with E-state index in [1.165, 1.54) is 13.3 Å². The van der Waals surface area contributed by atoms with Crippen LogP contribution < -0.4 is 11.2 Å². The normalized spacial score (nSPS) is 23.2. The number of hydrogen-bond acceptors (Lipinski definition) is 11. The van der Waals surface area contributed by atoms with Crippen LogP contribution in [0.3, 0.4) is 0 Å². The van der Waals surface area contributed by atoms with Gasteiger partial charge in [-0.2, -0.15) is 5.26 Å². The van der Waals surface area contributed by atoms with Gasteiger partial charge in [0, 0.05) is 32.5 Å². The van der Waals surface area contributed by atoms with Crippen molar-refractivity contribution in [1.82, 2.24) is 9.55 Å². The number of carbonyl (C=O) groups excluding carboxylic acids is 2. The number of hydrogen-bond donors (Lipinski definition) is 1. The lowest BCUT2D eigenvalue weighted by molar-refractivity contribution is -0.161. The molecule has 33 heavy (non-hydrogen) atoms. The maximum atomic E-state index is 12.4. The van der Waals surface area contributed by atoms with E-state index in [2.05, 4.69) is 4.98 Å². The smallest absolute Gasteiger partial charge is 0.330 e. The number of aromatic amines is 1. The van der Waals surface area contributed by atoms with E-state index in [-0.39, 0.29) is 19.4 Å². The molecular weight excluding hydrogens is 461 g/mol. The van der Waals surface area contributed by atoms with Crippen molar-refractivity contribution < 1.29 is 37.6 Å². The van der Waals surface area contributed by atoms with E-state index in [4.69, 9.17) is 33.3 Å². The summed E-state index contributed by atoms with van der Waals surface area (Å²) in [7, 11) is 2.13. The zero-order valence-corrected chi connectivity index (χ0v) is 19.5. The first kappa shape index (κ1) is 26.6. The summed E-state index contributed by atoms with van der Waals surface area (Å²) in [5, 5.41) is 8.69. The number of nitrogens with one attached hydrogen (secondary N) is 1. The number of nitrogens with zero attached hydrogens (tertiary/aromatic N) is 2. The van der Waals surface area contributed by atoms with Gasteiger partial charge in [0.2, 0.25) is 0 Å². The first-order valence-corrected chi connectivity index (χ1v) is 11.5. The molecule has 2 rings (SSSR count). The van der Waals surface area contributed by atoms with Crippen molar-refractivity contribution in [2.24, 2.45) is 5.92 Å². The molecule has 182 valence electrons. The third kappa shape index (κ3) is 6.69. The number of rotatable bonds is 11. The van der Waals surface area contributed by atoms with Gasteiger partial charge >= 0.3 is 17.6 Å². The highest BCUT2D eigenvalue weighted by molar-refractivity contribution is 7.46. The molecule has 1 N–H and O–H groups in total. The van der Waals surface area contributed by atoms with Gasteiger partial charge < -0.3 is 28.0 Å². The predicted octanol–water partition coefficient (Wildman–Crippen LogP) is 0.0585. The molecule has 0 aliphatic carbocycles. The topological polar surface area (TPSA) is 168 Å². The number of aromatic nitrogens is 2. The fourth-order valence-electron chi connectivity index (χ4n) is 3.35.